The maximum Gasteiger partial charge on any atom is 0.321 e. The highest BCUT2D eigenvalue weighted by atomic mass is 35.5. The molecule has 0 aromatic heterocycles. The first-order valence-electron chi connectivity index (χ1n) is 10.2. The molecule has 9 heteroatoms. The molecule has 30 heavy (non-hydrogen) atoms. The Labute approximate surface area is 187 Å². The zero-order chi connectivity index (χ0) is 22.7. The molecule has 0 aromatic rings. The molecule has 1 aliphatic carbocycles. The van der Waals surface area contributed by atoms with Gasteiger partial charge in [-0.15, -0.1) is 11.6 Å². The van der Waals surface area contributed by atoms with Gasteiger partial charge >= 0.3 is 6.03 Å². The molecular formula is C21H36ClN2O5S+. The fourth-order valence-corrected chi connectivity index (χ4v) is 6.17. The minimum absolute atomic E-state index is 0.0116. The molecule has 1 aliphatic heterocycles. The van der Waals surface area contributed by atoms with Gasteiger partial charge in [0.25, 0.3) is 0 Å². The zero-order valence-corrected chi connectivity index (χ0v) is 20.4. The van der Waals surface area contributed by atoms with E-state index in [-0.39, 0.29) is 34.8 Å². The molecule has 0 radical (unpaired) electrons. The lowest BCUT2D eigenvalue weighted by Crippen LogP contribution is -2.65. The number of alkyl halides is 1. The van der Waals surface area contributed by atoms with E-state index in [1.807, 2.05) is 6.92 Å². The first kappa shape index (κ1) is 25.5. The summed E-state index contributed by atoms with van der Waals surface area (Å²) in [6, 6.07) is -0.963. The molecule has 0 aromatic carbocycles. The number of hydrogen-bond donors (Lipinski definition) is 3. The zero-order valence-electron chi connectivity index (χ0n) is 18.8. The highest BCUT2D eigenvalue weighted by Gasteiger charge is 2.68. The van der Waals surface area contributed by atoms with Gasteiger partial charge in [-0.2, -0.15) is 0 Å². The van der Waals surface area contributed by atoms with Gasteiger partial charge in [0.15, 0.2) is 0 Å². The third-order valence-electron chi connectivity index (χ3n) is 6.03. The summed E-state index contributed by atoms with van der Waals surface area (Å²) in [4.78, 5) is 23.7. The first-order chi connectivity index (χ1) is 14.0. The van der Waals surface area contributed by atoms with E-state index in [9.17, 15) is 14.7 Å². The van der Waals surface area contributed by atoms with E-state index in [0.717, 1.165) is 6.42 Å². The van der Waals surface area contributed by atoms with Gasteiger partial charge in [0.05, 0.1) is 36.7 Å². The van der Waals surface area contributed by atoms with E-state index in [0.29, 0.717) is 18.6 Å². The van der Waals surface area contributed by atoms with Crippen molar-refractivity contribution in [3.8, 4) is 0 Å². The molecule has 0 bridgehead atoms. The number of ether oxygens (including phenoxy) is 2. The van der Waals surface area contributed by atoms with Crippen molar-refractivity contribution in [2.45, 2.75) is 69.5 Å². The minimum Gasteiger partial charge on any atom is -0.384 e. The summed E-state index contributed by atoms with van der Waals surface area (Å²) < 4.78 is 12.0. The maximum absolute atomic E-state index is 12.2. The fraction of sp³-hybridized carbons (Fsp3) is 0.810. The minimum atomic E-state index is -0.956. The molecule has 6 unspecified atom stereocenters. The van der Waals surface area contributed by atoms with Gasteiger partial charge in [0, 0.05) is 7.11 Å². The Morgan fingerprint density at radius 1 is 1.37 bits per heavy atom. The Hall–Kier alpha value is -0.800. The van der Waals surface area contributed by atoms with Crippen molar-refractivity contribution in [2.75, 3.05) is 31.3 Å². The van der Waals surface area contributed by atoms with E-state index < -0.39 is 29.2 Å². The Kier molecular flexibility index (Phi) is 8.67. The van der Waals surface area contributed by atoms with Crippen LogP contribution in [0.3, 0.4) is 0 Å². The van der Waals surface area contributed by atoms with Gasteiger partial charge in [-0.05, 0) is 50.9 Å². The van der Waals surface area contributed by atoms with Crippen LogP contribution in [0, 0.1) is 5.92 Å². The van der Waals surface area contributed by atoms with Crippen LogP contribution in [-0.4, -0.2) is 77.8 Å². The third kappa shape index (κ3) is 5.91. The summed E-state index contributed by atoms with van der Waals surface area (Å²) in [7, 11) is 1.61. The quantitative estimate of drug-likeness (QED) is 0.221. The van der Waals surface area contributed by atoms with Gasteiger partial charge in [-0.1, -0.05) is 11.6 Å². The summed E-state index contributed by atoms with van der Waals surface area (Å²) in [5.41, 5.74) is -0.287. The van der Waals surface area contributed by atoms with Crippen molar-refractivity contribution in [2.24, 2.45) is 5.92 Å². The molecule has 2 fully saturated rings. The van der Waals surface area contributed by atoms with E-state index in [1.165, 1.54) is 5.57 Å². The Morgan fingerprint density at radius 2 is 2.03 bits per heavy atom. The van der Waals surface area contributed by atoms with Gasteiger partial charge in [-0.25, -0.2) is 4.79 Å². The van der Waals surface area contributed by atoms with Crippen LogP contribution in [0.15, 0.2) is 11.6 Å². The van der Waals surface area contributed by atoms with E-state index >= 15 is 0 Å². The average molecular weight is 464 g/mol. The molecule has 3 amide bonds. The number of urea groups is 1. The Morgan fingerprint density at radius 3 is 2.57 bits per heavy atom. The van der Waals surface area contributed by atoms with Crippen LogP contribution in [0.2, 0.25) is 0 Å². The van der Waals surface area contributed by atoms with Crippen LogP contribution >= 0.6 is 11.6 Å². The molecule has 7 nitrogen and oxygen atoms in total. The molecule has 6 atom stereocenters. The number of aliphatic hydroxyl groups is 1. The number of carbonyl (C=O) groups excluding carboxylic acids is 2. The number of nitrogens with one attached hydrogen (secondary N) is 2. The smallest absolute Gasteiger partial charge is 0.321 e. The molecular weight excluding hydrogens is 428 g/mol. The van der Waals surface area contributed by atoms with Crippen molar-refractivity contribution < 1.29 is 24.2 Å². The van der Waals surface area contributed by atoms with Crippen LogP contribution in [0.25, 0.3) is 0 Å². The van der Waals surface area contributed by atoms with Crippen molar-refractivity contribution in [3.05, 3.63) is 11.6 Å². The molecule has 2 aliphatic rings. The monoisotopic (exact) mass is 463 g/mol. The summed E-state index contributed by atoms with van der Waals surface area (Å²) in [5, 5.41) is 16.8. The van der Waals surface area contributed by atoms with Gasteiger partial charge in [0.1, 0.15) is 22.8 Å². The van der Waals surface area contributed by atoms with Crippen LogP contribution in [0.5, 0.6) is 0 Å². The number of hydrogen-bond acceptors (Lipinski definition) is 5. The third-order valence-corrected chi connectivity index (χ3v) is 7.35. The summed E-state index contributed by atoms with van der Waals surface area (Å²) in [6.45, 7) is 6.13. The number of imide groups is 1. The molecule has 1 heterocycles. The normalized spacial score (nSPS) is 35.6. The number of amides is 3. The fourth-order valence-electron chi connectivity index (χ4n) is 4.77. The lowest BCUT2D eigenvalue weighted by Gasteiger charge is -2.48. The summed E-state index contributed by atoms with van der Waals surface area (Å²) >= 11 is 5.47. The van der Waals surface area contributed by atoms with Crippen molar-refractivity contribution >= 4 is 34.4 Å². The summed E-state index contributed by atoms with van der Waals surface area (Å²) in [6.07, 6.45) is 7.74. The highest BCUT2D eigenvalue weighted by molar-refractivity contribution is 7.95. The number of methoxy groups -OCH3 is 1. The predicted octanol–water partition coefficient (Wildman–Crippen LogP) is 1.97. The van der Waals surface area contributed by atoms with Crippen molar-refractivity contribution in [3.63, 3.8) is 0 Å². The second-order valence-corrected chi connectivity index (χ2v) is 11.5. The first-order valence-corrected chi connectivity index (χ1v) is 13.0. The molecule has 3 N–H and O–H groups in total. The lowest BCUT2D eigenvalue weighted by atomic mass is 9.65. The number of epoxide rings is 1. The SMILES string of the molecule is COC1C(NC(=O)NC(=O)CCl)CCC(O)(C[S+](C)C)C1C1(C)OC1CC=C(C)C. The van der Waals surface area contributed by atoms with E-state index in [4.69, 9.17) is 21.1 Å². The molecule has 172 valence electrons. The van der Waals surface area contributed by atoms with Crippen molar-refractivity contribution in [1.29, 1.82) is 0 Å². The Balaban J connectivity index is 2.27. The van der Waals surface area contributed by atoms with Gasteiger partial charge in [-0.3, -0.25) is 10.1 Å². The van der Waals surface area contributed by atoms with Crippen LogP contribution < -0.4 is 10.6 Å². The maximum atomic E-state index is 12.2. The van der Waals surface area contributed by atoms with E-state index in [2.05, 4.69) is 43.1 Å². The lowest BCUT2D eigenvalue weighted by molar-refractivity contribution is -0.137. The topological polar surface area (TPSA) is 100 Å². The second-order valence-electron chi connectivity index (χ2n) is 9.02. The standard InChI is InChI=1S/C21H35ClN2O5S/c1-13(2)7-8-15-20(3,29-15)18-17(28-4)14(23-19(26)24-16(25)11-22)9-10-21(18,27)12-30(5)6/h7,14-15,17-18,27H,8-12H2,1-6H3,(H-,23,24,25,26)/p+1. The average Bonchev–Trinajstić information content (AvgIpc) is 3.30. The number of rotatable bonds is 8. The Bertz CT molecular complexity index is 672. The van der Waals surface area contributed by atoms with Crippen LogP contribution in [0.1, 0.15) is 40.0 Å². The van der Waals surface area contributed by atoms with Gasteiger partial charge < -0.3 is 19.9 Å². The van der Waals surface area contributed by atoms with Gasteiger partial charge in [0.2, 0.25) is 5.91 Å². The molecule has 1 saturated heterocycles. The number of halogens is 1. The molecule has 2 rings (SSSR count). The number of allylic oxidation sites excluding steroid dienone is 1. The highest BCUT2D eigenvalue weighted by Crippen LogP contribution is 2.54. The largest absolute Gasteiger partial charge is 0.384 e. The summed E-state index contributed by atoms with van der Waals surface area (Å²) in [5.74, 6) is -0.521. The van der Waals surface area contributed by atoms with Crippen LogP contribution in [0.4, 0.5) is 4.79 Å². The van der Waals surface area contributed by atoms with Crippen LogP contribution in [-0.2, 0) is 25.2 Å². The molecule has 1 saturated carbocycles. The molecule has 0 spiro atoms. The van der Waals surface area contributed by atoms with Crippen molar-refractivity contribution in [1.82, 2.24) is 10.6 Å². The van der Waals surface area contributed by atoms with E-state index in [1.54, 1.807) is 7.11 Å². The second kappa shape index (κ2) is 10.2. The number of carbonyl (C=O) groups is 2. The predicted molar refractivity (Wildman–Crippen MR) is 121 cm³/mol.